The van der Waals surface area contributed by atoms with Crippen LogP contribution in [0.3, 0.4) is 0 Å². The second-order valence-electron chi connectivity index (χ2n) is 6.00. The molecule has 0 aliphatic carbocycles. The molecule has 6 heteroatoms. The van der Waals surface area contributed by atoms with Crippen molar-refractivity contribution in [2.45, 2.75) is 96.7 Å². The van der Waals surface area contributed by atoms with Crippen molar-refractivity contribution < 1.29 is 24.0 Å². The first-order valence-corrected chi connectivity index (χ1v) is 9.75. The first kappa shape index (κ1) is 21.1. The molecule has 5 nitrogen and oxygen atoms in total. The maximum Gasteiger partial charge on any atom is 0.469 e. The van der Waals surface area contributed by atoms with Gasteiger partial charge in [-0.3, -0.25) is 4.52 Å². The maximum atomic E-state index is 11.1. The first-order valence-electron chi connectivity index (χ1n) is 8.22. The lowest BCUT2D eigenvalue weighted by Crippen LogP contribution is -2.34. The van der Waals surface area contributed by atoms with Gasteiger partial charge in [0.15, 0.2) is 0 Å². The van der Waals surface area contributed by atoms with Crippen molar-refractivity contribution in [3.63, 3.8) is 0 Å². The number of hydrogen-bond donors (Lipinski definition) is 3. The summed E-state index contributed by atoms with van der Waals surface area (Å²) in [5.74, 6) is 0. The van der Waals surface area contributed by atoms with Crippen molar-refractivity contribution in [3.8, 4) is 0 Å². The van der Waals surface area contributed by atoms with Crippen molar-refractivity contribution in [2.75, 3.05) is 0 Å². The Labute approximate surface area is 129 Å². The molecule has 0 heterocycles. The third-order valence-corrected chi connectivity index (χ3v) is 4.34. The summed E-state index contributed by atoms with van der Waals surface area (Å²) in [5.41, 5.74) is -0.875. The van der Waals surface area contributed by atoms with Crippen LogP contribution < -0.4 is 0 Å². The van der Waals surface area contributed by atoms with Crippen LogP contribution in [0.2, 0.25) is 0 Å². The van der Waals surface area contributed by atoms with Crippen LogP contribution in [0.5, 0.6) is 0 Å². The molecule has 3 N–H and O–H groups in total. The standard InChI is InChI=1S/C15H33O5P/c1-4-7-10-14(20-21(17,18)19)13-15(16,11-8-5-2)12-9-6-3/h14,16H,4-13H2,1-3H3,(H2,17,18,19). The summed E-state index contributed by atoms with van der Waals surface area (Å²) in [7, 11) is -4.51. The molecule has 0 rings (SSSR count). The van der Waals surface area contributed by atoms with Gasteiger partial charge in [-0.25, -0.2) is 4.57 Å². The van der Waals surface area contributed by atoms with Crippen LogP contribution in [-0.4, -0.2) is 26.6 Å². The molecule has 0 saturated carbocycles. The van der Waals surface area contributed by atoms with Gasteiger partial charge in [-0.05, 0) is 19.3 Å². The van der Waals surface area contributed by atoms with Crippen molar-refractivity contribution in [3.05, 3.63) is 0 Å². The van der Waals surface area contributed by atoms with Gasteiger partial charge in [0.1, 0.15) is 0 Å². The number of unbranched alkanes of at least 4 members (excludes halogenated alkanes) is 3. The van der Waals surface area contributed by atoms with E-state index in [0.717, 1.165) is 38.5 Å². The highest BCUT2D eigenvalue weighted by atomic mass is 31.2. The molecule has 1 unspecified atom stereocenters. The van der Waals surface area contributed by atoms with Crippen LogP contribution in [0, 0.1) is 0 Å². The van der Waals surface area contributed by atoms with E-state index >= 15 is 0 Å². The van der Waals surface area contributed by atoms with Crippen LogP contribution in [-0.2, 0) is 9.09 Å². The van der Waals surface area contributed by atoms with E-state index in [9.17, 15) is 9.67 Å². The molecule has 0 aliphatic rings. The summed E-state index contributed by atoms with van der Waals surface area (Å²) in [6, 6.07) is 0. The SMILES string of the molecule is CCCCC(CC(O)(CCCC)CCCC)OP(=O)(O)O. The predicted molar refractivity (Wildman–Crippen MR) is 85.1 cm³/mol. The topological polar surface area (TPSA) is 87.0 Å². The van der Waals surface area contributed by atoms with Crippen molar-refractivity contribution >= 4 is 7.82 Å². The number of aliphatic hydroxyl groups is 1. The zero-order valence-corrected chi connectivity index (χ0v) is 14.6. The third kappa shape index (κ3) is 11.3. The van der Waals surface area contributed by atoms with E-state index in [1.54, 1.807) is 0 Å². The lowest BCUT2D eigenvalue weighted by Gasteiger charge is -2.32. The zero-order chi connectivity index (χ0) is 16.4. The fourth-order valence-electron chi connectivity index (χ4n) is 2.58. The summed E-state index contributed by atoms with van der Waals surface area (Å²) >= 11 is 0. The molecular weight excluding hydrogens is 291 g/mol. The van der Waals surface area contributed by atoms with Gasteiger partial charge in [-0.15, -0.1) is 0 Å². The highest BCUT2D eigenvalue weighted by Gasteiger charge is 2.32. The first-order chi connectivity index (χ1) is 9.76. The average molecular weight is 324 g/mol. The smallest absolute Gasteiger partial charge is 0.390 e. The minimum absolute atomic E-state index is 0.304. The average Bonchev–Trinajstić information content (AvgIpc) is 2.39. The molecule has 0 aromatic rings. The van der Waals surface area contributed by atoms with Crippen LogP contribution in [0.25, 0.3) is 0 Å². The van der Waals surface area contributed by atoms with Crippen LogP contribution in [0.4, 0.5) is 0 Å². The van der Waals surface area contributed by atoms with Gasteiger partial charge in [-0.2, -0.15) is 0 Å². The molecule has 0 aromatic heterocycles. The molecule has 0 aromatic carbocycles. The van der Waals surface area contributed by atoms with Crippen LogP contribution in [0.15, 0.2) is 0 Å². The maximum absolute atomic E-state index is 11.1. The van der Waals surface area contributed by atoms with E-state index in [2.05, 4.69) is 13.8 Å². The van der Waals surface area contributed by atoms with E-state index in [-0.39, 0.29) is 0 Å². The molecule has 0 aliphatic heterocycles. The highest BCUT2D eigenvalue weighted by molar-refractivity contribution is 7.46. The Balaban J connectivity index is 4.77. The predicted octanol–water partition coefficient (Wildman–Crippen LogP) is 4.16. The van der Waals surface area contributed by atoms with E-state index in [1.807, 2.05) is 6.92 Å². The lowest BCUT2D eigenvalue weighted by molar-refractivity contribution is -0.0280. The van der Waals surface area contributed by atoms with Gasteiger partial charge >= 0.3 is 7.82 Å². The molecule has 21 heavy (non-hydrogen) atoms. The number of rotatable bonds is 13. The quantitative estimate of drug-likeness (QED) is 0.443. The number of hydrogen-bond acceptors (Lipinski definition) is 3. The molecular formula is C15H33O5P. The Hall–Kier alpha value is 0.0700. The second kappa shape index (κ2) is 10.7. The van der Waals surface area contributed by atoms with Gasteiger partial charge in [0.2, 0.25) is 0 Å². The summed E-state index contributed by atoms with van der Waals surface area (Å²) < 4.78 is 16.0. The van der Waals surface area contributed by atoms with Crippen molar-refractivity contribution in [1.29, 1.82) is 0 Å². The molecule has 0 fully saturated rings. The van der Waals surface area contributed by atoms with E-state index in [4.69, 9.17) is 14.3 Å². The van der Waals surface area contributed by atoms with E-state index in [0.29, 0.717) is 25.7 Å². The molecule has 0 bridgehead atoms. The molecule has 0 amide bonds. The van der Waals surface area contributed by atoms with Gasteiger partial charge in [0.25, 0.3) is 0 Å². The molecule has 1 atom stereocenters. The Kier molecular flexibility index (Phi) is 10.8. The summed E-state index contributed by atoms with van der Waals surface area (Å²) in [4.78, 5) is 18.1. The van der Waals surface area contributed by atoms with Crippen LogP contribution in [0.1, 0.15) is 85.0 Å². The number of phosphoric acid groups is 1. The van der Waals surface area contributed by atoms with Crippen LogP contribution >= 0.6 is 7.82 Å². The van der Waals surface area contributed by atoms with Crippen molar-refractivity contribution in [1.82, 2.24) is 0 Å². The minimum Gasteiger partial charge on any atom is -0.390 e. The molecule has 128 valence electrons. The summed E-state index contributed by atoms with van der Waals surface area (Å²) in [6.45, 7) is 6.16. The Morgan fingerprint density at radius 2 is 1.48 bits per heavy atom. The zero-order valence-electron chi connectivity index (χ0n) is 13.8. The summed E-state index contributed by atoms with van der Waals surface area (Å²) in [6.07, 6.45) is 7.21. The molecule has 0 spiro atoms. The van der Waals surface area contributed by atoms with Gasteiger partial charge in [-0.1, -0.05) is 59.3 Å². The highest BCUT2D eigenvalue weighted by Crippen LogP contribution is 2.41. The second-order valence-corrected chi connectivity index (χ2v) is 7.19. The minimum atomic E-state index is -4.51. The molecule has 0 radical (unpaired) electrons. The Morgan fingerprint density at radius 1 is 1.00 bits per heavy atom. The third-order valence-electron chi connectivity index (χ3n) is 3.77. The number of phosphoric ester groups is 1. The van der Waals surface area contributed by atoms with Crippen molar-refractivity contribution in [2.24, 2.45) is 0 Å². The van der Waals surface area contributed by atoms with Gasteiger partial charge in [0, 0.05) is 6.42 Å². The van der Waals surface area contributed by atoms with Gasteiger partial charge in [0.05, 0.1) is 11.7 Å². The fourth-order valence-corrected chi connectivity index (χ4v) is 3.15. The Morgan fingerprint density at radius 3 is 1.86 bits per heavy atom. The largest absolute Gasteiger partial charge is 0.469 e. The van der Waals surface area contributed by atoms with Gasteiger partial charge < -0.3 is 14.9 Å². The van der Waals surface area contributed by atoms with E-state index in [1.165, 1.54) is 0 Å². The lowest BCUT2D eigenvalue weighted by atomic mass is 9.85. The van der Waals surface area contributed by atoms with E-state index < -0.39 is 19.5 Å². The monoisotopic (exact) mass is 324 g/mol. The Bertz CT molecular complexity index is 294. The normalized spacial score (nSPS) is 14.4. The fraction of sp³-hybridized carbons (Fsp3) is 1.00. The summed E-state index contributed by atoms with van der Waals surface area (Å²) in [5, 5.41) is 10.8. The molecule has 0 saturated heterocycles.